The van der Waals surface area contributed by atoms with Crippen molar-refractivity contribution in [2.75, 3.05) is 6.54 Å². The Kier molecular flexibility index (Phi) is 1.07. The molecule has 0 bridgehead atoms. The second kappa shape index (κ2) is 1.81. The average Bonchev–Trinajstić information content (AvgIpc) is 2.61. The van der Waals surface area contributed by atoms with Crippen LogP contribution >= 0.6 is 0 Å². The number of amides is 1. The molecule has 0 aromatic rings. The number of nitrogens with zero attached hydrogens (tertiary/aromatic N) is 1. The minimum Gasteiger partial charge on any atom is -0.332 e. The molecular formula is C7H9NO2. The van der Waals surface area contributed by atoms with Crippen LogP contribution in [-0.2, 0) is 9.59 Å². The molecule has 1 aliphatic carbocycles. The fraction of sp³-hybridized carbons (Fsp3) is 0.714. The molecule has 2 fully saturated rings. The third kappa shape index (κ3) is 0.818. The Morgan fingerprint density at radius 1 is 1.30 bits per heavy atom. The fourth-order valence-electron chi connectivity index (χ4n) is 1.32. The van der Waals surface area contributed by atoms with E-state index in [1.54, 1.807) is 4.90 Å². The monoisotopic (exact) mass is 139 g/mol. The molecule has 0 unspecified atom stereocenters. The van der Waals surface area contributed by atoms with E-state index < -0.39 is 0 Å². The van der Waals surface area contributed by atoms with Crippen LogP contribution in [0.3, 0.4) is 0 Å². The van der Waals surface area contributed by atoms with Crippen LogP contribution in [0.25, 0.3) is 0 Å². The van der Waals surface area contributed by atoms with Crippen molar-refractivity contribution >= 4 is 11.7 Å². The highest BCUT2D eigenvalue weighted by Gasteiger charge is 2.38. The quantitative estimate of drug-likeness (QED) is 0.478. The molecule has 1 aliphatic heterocycles. The molecule has 2 rings (SSSR count). The van der Waals surface area contributed by atoms with Crippen molar-refractivity contribution in [2.24, 2.45) is 0 Å². The summed E-state index contributed by atoms with van der Waals surface area (Å²) in [5, 5.41) is 0. The molecule has 2 aliphatic rings. The van der Waals surface area contributed by atoms with E-state index in [9.17, 15) is 9.59 Å². The summed E-state index contributed by atoms with van der Waals surface area (Å²) in [6, 6.07) is 0.416. The number of hydrogen-bond acceptors (Lipinski definition) is 2. The number of Topliss-reactive ketones (excluding diaryl/α,β-unsaturated/α-hetero) is 1. The third-order valence-electron chi connectivity index (χ3n) is 2.00. The molecule has 0 aromatic carbocycles. The van der Waals surface area contributed by atoms with E-state index in [2.05, 4.69) is 0 Å². The van der Waals surface area contributed by atoms with Gasteiger partial charge >= 0.3 is 0 Å². The molecule has 1 saturated carbocycles. The molecule has 10 heavy (non-hydrogen) atoms. The summed E-state index contributed by atoms with van der Waals surface area (Å²) in [6.45, 7) is 0.378. The summed E-state index contributed by atoms with van der Waals surface area (Å²) >= 11 is 0. The summed E-state index contributed by atoms with van der Waals surface area (Å²) in [7, 11) is 0. The van der Waals surface area contributed by atoms with Crippen LogP contribution in [0.15, 0.2) is 0 Å². The van der Waals surface area contributed by atoms with Gasteiger partial charge in [0.2, 0.25) is 5.91 Å². The van der Waals surface area contributed by atoms with Gasteiger partial charge in [-0.15, -0.1) is 0 Å². The Morgan fingerprint density at radius 2 is 2.00 bits per heavy atom. The van der Waals surface area contributed by atoms with Crippen LogP contribution in [0, 0.1) is 0 Å². The van der Waals surface area contributed by atoms with Crippen LogP contribution in [0.1, 0.15) is 19.3 Å². The number of ketones is 1. The maximum atomic E-state index is 11.0. The van der Waals surface area contributed by atoms with Crippen LogP contribution in [0.5, 0.6) is 0 Å². The topological polar surface area (TPSA) is 37.4 Å². The van der Waals surface area contributed by atoms with Crippen molar-refractivity contribution in [1.82, 2.24) is 4.90 Å². The zero-order valence-electron chi connectivity index (χ0n) is 5.67. The van der Waals surface area contributed by atoms with Crippen molar-refractivity contribution in [3.8, 4) is 0 Å². The SMILES string of the molecule is O=C1CC(=O)N(C2CC2)C1. The fourth-order valence-corrected chi connectivity index (χ4v) is 1.32. The third-order valence-corrected chi connectivity index (χ3v) is 2.00. The molecule has 0 aromatic heterocycles. The van der Waals surface area contributed by atoms with Crippen LogP contribution in [0.4, 0.5) is 0 Å². The Labute approximate surface area is 59.0 Å². The number of carbonyl (C=O) groups is 2. The second-order valence-electron chi connectivity index (χ2n) is 2.97. The standard InChI is InChI=1S/C7H9NO2/c9-6-3-7(10)8(4-6)5-1-2-5/h5H,1-4H2. The predicted octanol–water partition coefficient (Wildman–Crippen LogP) is -0.0498. The van der Waals surface area contributed by atoms with Crippen LogP contribution in [-0.4, -0.2) is 29.2 Å². The molecule has 1 heterocycles. The highest BCUT2D eigenvalue weighted by Crippen LogP contribution is 2.29. The van der Waals surface area contributed by atoms with Crippen molar-refractivity contribution in [3.05, 3.63) is 0 Å². The van der Waals surface area contributed by atoms with Gasteiger partial charge in [0, 0.05) is 6.04 Å². The highest BCUT2D eigenvalue weighted by molar-refractivity contribution is 6.05. The van der Waals surface area contributed by atoms with Gasteiger partial charge in [0.15, 0.2) is 5.78 Å². The maximum absolute atomic E-state index is 11.0. The van der Waals surface area contributed by atoms with E-state index in [1.807, 2.05) is 0 Å². The second-order valence-corrected chi connectivity index (χ2v) is 2.97. The number of carbonyl (C=O) groups excluding carboxylic acids is 2. The molecule has 1 saturated heterocycles. The molecule has 0 spiro atoms. The molecule has 1 amide bonds. The summed E-state index contributed by atoms with van der Waals surface area (Å²) in [5.74, 6) is 0.115. The average molecular weight is 139 g/mol. The zero-order valence-corrected chi connectivity index (χ0v) is 5.67. The van der Waals surface area contributed by atoms with Crippen LogP contribution < -0.4 is 0 Å². The lowest BCUT2D eigenvalue weighted by molar-refractivity contribution is -0.128. The van der Waals surface area contributed by atoms with Gasteiger partial charge in [-0.2, -0.15) is 0 Å². The Balaban J connectivity index is 2.08. The largest absolute Gasteiger partial charge is 0.332 e. The lowest BCUT2D eigenvalue weighted by atomic mass is 10.3. The highest BCUT2D eigenvalue weighted by atomic mass is 16.2. The van der Waals surface area contributed by atoms with Crippen molar-refractivity contribution in [1.29, 1.82) is 0 Å². The number of hydrogen-bond donors (Lipinski definition) is 0. The number of likely N-dealkylation sites (tertiary alicyclic amines) is 1. The lowest BCUT2D eigenvalue weighted by Gasteiger charge is -2.11. The Morgan fingerprint density at radius 3 is 2.40 bits per heavy atom. The minimum atomic E-state index is 0.0347. The normalized spacial score (nSPS) is 26.2. The first-order valence-corrected chi connectivity index (χ1v) is 3.58. The molecule has 0 N–H and O–H groups in total. The van der Waals surface area contributed by atoms with Gasteiger partial charge in [-0.1, -0.05) is 0 Å². The van der Waals surface area contributed by atoms with Crippen LogP contribution in [0.2, 0.25) is 0 Å². The molecule has 0 radical (unpaired) electrons. The Hall–Kier alpha value is -0.860. The molecule has 54 valence electrons. The van der Waals surface area contributed by atoms with Gasteiger partial charge in [-0.3, -0.25) is 9.59 Å². The predicted molar refractivity (Wildman–Crippen MR) is 34.4 cm³/mol. The summed E-state index contributed by atoms with van der Waals surface area (Å²) < 4.78 is 0. The molecule has 3 heteroatoms. The summed E-state index contributed by atoms with van der Waals surface area (Å²) in [6.07, 6.45) is 2.34. The van der Waals surface area contributed by atoms with Crippen molar-refractivity contribution in [2.45, 2.75) is 25.3 Å². The van der Waals surface area contributed by atoms with Gasteiger partial charge in [0.1, 0.15) is 0 Å². The van der Waals surface area contributed by atoms with E-state index in [4.69, 9.17) is 0 Å². The van der Waals surface area contributed by atoms with Crippen molar-refractivity contribution < 1.29 is 9.59 Å². The first-order chi connectivity index (χ1) is 4.77. The van der Waals surface area contributed by atoms with Crippen molar-refractivity contribution in [3.63, 3.8) is 0 Å². The van der Waals surface area contributed by atoms with E-state index in [-0.39, 0.29) is 18.1 Å². The lowest BCUT2D eigenvalue weighted by Crippen LogP contribution is -2.27. The molecule has 0 atom stereocenters. The van der Waals surface area contributed by atoms with E-state index >= 15 is 0 Å². The Bertz CT molecular complexity index is 196. The van der Waals surface area contributed by atoms with Gasteiger partial charge in [0.05, 0.1) is 13.0 Å². The number of rotatable bonds is 1. The molecular weight excluding hydrogens is 130 g/mol. The zero-order chi connectivity index (χ0) is 7.14. The van der Waals surface area contributed by atoms with E-state index in [0.717, 1.165) is 12.8 Å². The maximum Gasteiger partial charge on any atom is 0.230 e. The van der Waals surface area contributed by atoms with Gasteiger partial charge in [-0.25, -0.2) is 0 Å². The van der Waals surface area contributed by atoms with E-state index in [0.29, 0.717) is 12.6 Å². The van der Waals surface area contributed by atoms with Gasteiger partial charge in [0.25, 0.3) is 0 Å². The molecule has 3 nitrogen and oxygen atoms in total. The van der Waals surface area contributed by atoms with Gasteiger partial charge < -0.3 is 4.90 Å². The van der Waals surface area contributed by atoms with E-state index in [1.165, 1.54) is 0 Å². The first kappa shape index (κ1) is 5.89. The summed E-state index contributed by atoms with van der Waals surface area (Å²) in [4.78, 5) is 23.4. The summed E-state index contributed by atoms with van der Waals surface area (Å²) in [5.41, 5.74) is 0. The smallest absolute Gasteiger partial charge is 0.230 e. The van der Waals surface area contributed by atoms with Gasteiger partial charge in [-0.05, 0) is 12.8 Å². The minimum absolute atomic E-state index is 0.0347. The first-order valence-electron chi connectivity index (χ1n) is 3.58.